The lowest BCUT2D eigenvalue weighted by molar-refractivity contribution is 0.302. The first-order valence-corrected chi connectivity index (χ1v) is 10.7. The second-order valence-electron chi connectivity index (χ2n) is 7.67. The van der Waals surface area contributed by atoms with Crippen LogP contribution in [0.5, 0.6) is 5.75 Å². The summed E-state index contributed by atoms with van der Waals surface area (Å²) in [4.78, 5) is 9.06. The molecule has 0 aliphatic rings. The van der Waals surface area contributed by atoms with E-state index in [4.69, 9.17) is 9.15 Å². The van der Waals surface area contributed by atoms with Crippen molar-refractivity contribution in [2.45, 2.75) is 6.61 Å². The van der Waals surface area contributed by atoms with Crippen molar-refractivity contribution < 1.29 is 9.15 Å². The second kappa shape index (κ2) is 8.59. The predicted molar refractivity (Wildman–Crippen MR) is 129 cm³/mol. The largest absolute Gasteiger partial charge is 0.487 e. The van der Waals surface area contributed by atoms with E-state index < -0.39 is 0 Å². The standard InChI is InChI=1S/C26H18N6O2/c1-2-7-22-19(5-1)11-12-20(27-22)16-33-21-6-3-4-17(14-21)8-9-18-10-13-23-24(15-18)34-26(28-23)25-29-31-32-30-25/h1-15H,16H2,(H,29,30,31,32)/b9-8+. The van der Waals surface area contributed by atoms with Gasteiger partial charge in [-0.25, -0.2) is 9.97 Å². The summed E-state index contributed by atoms with van der Waals surface area (Å²) in [5.74, 6) is 1.44. The van der Waals surface area contributed by atoms with Crippen LogP contribution in [0.1, 0.15) is 16.8 Å². The summed E-state index contributed by atoms with van der Waals surface area (Å²) in [7, 11) is 0. The van der Waals surface area contributed by atoms with Crippen LogP contribution in [0.2, 0.25) is 0 Å². The van der Waals surface area contributed by atoms with Gasteiger partial charge in [-0.2, -0.15) is 5.21 Å². The lowest BCUT2D eigenvalue weighted by atomic mass is 10.1. The van der Waals surface area contributed by atoms with Gasteiger partial charge in [0.15, 0.2) is 5.58 Å². The molecule has 3 heterocycles. The molecule has 0 spiro atoms. The highest BCUT2D eigenvalue weighted by atomic mass is 16.5. The fourth-order valence-corrected chi connectivity index (χ4v) is 3.64. The Labute approximate surface area is 193 Å². The zero-order chi connectivity index (χ0) is 22.7. The average Bonchev–Trinajstić information content (AvgIpc) is 3.56. The molecule has 3 aromatic carbocycles. The maximum absolute atomic E-state index is 5.99. The zero-order valence-corrected chi connectivity index (χ0v) is 17.9. The van der Waals surface area contributed by atoms with Crippen LogP contribution in [-0.4, -0.2) is 30.6 Å². The number of oxazole rings is 1. The minimum atomic E-state index is 0.323. The van der Waals surface area contributed by atoms with Crippen molar-refractivity contribution in [3.8, 4) is 17.5 Å². The molecule has 3 aromatic heterocycles. The van der Waals surface area contributed by atoms with Crippen LogP contribution in [0.25, 0.3) is 45.9 Å². The van der Waals surface area contributed by atoms with Crippen LogP contribution in [0, 0.1) is 0 Å². The van der Waals surface area contributed by atoms with Crippen LogP contribution in [0.15, 0.2) is 83.3 Å². The van der Waals surface area contributed by atoms with Crippen molar-refractivity contribution >= 4 is 34.2 Å². The number of hydrogen-bond acceptors (Lipinski definition) is 7. The summed E-state index contributed by atoms with van der Waals surface area (Å²) in [6, 6.07) is 25.9. The first-order chi connectivity index (χ1) is 16.8. The molecule has 0 radical (unpaired) electrons. The minimum absolute atomic E-state index is 0.323. The van der Waals surface area contributed by atoms with Crippen molar-refractivity contribution in [1.29, 1.82) is 0 Å². The number of nitrogens with one attached hydrogen (secondary N) is 1. The normalized spacial score (nSPS) is 11.5. The van der Waals surface area contributed by atoms with Crippen LogP contribution < -0.4 is 4.74 Å². The van der Waals surface area contributed by atoms with Gasteiger partial charge >= 0.3 is 0 Å². The number of nitrogens with zero attached hydrogens (tertiary/aromatic N) is 5. The van der Waals surface area contributed by atoms with Crippen molar-refractivity contribution in [3.63, 3.8) is 0 Å². The van der Waals surface area contributed by atoms with Gasteiger partial charge in [0.25, 0.3) is 11.7 Å². The third kappa shape index (κ3) is 4.12. The quantitative estimate of drug-likeness (QED) is 0.346. The predicted octanol–water partition coefficient (Wildman–Crippen LogP) is 5.31. The Morgan fingerprint density at radius 3 is 2.65 bits per heavy atom. The lowest BCUT2D eigenvalue weighted by Crippen LogP contribution is -1.98. The van der Waals surface area contributed by atoms with Gasteiger partial charge < -0.3 is 9.15 Å². The van der Waals surface area contributed by atoms with E-state index in [-0.39, 0.29) is 0 Å². The third-order valence-corrected chi connectivity index (χ3v) is 5.32. The number of aromatic amines is 1. The molecule has 0 unspecified atom stereocenters. The number of H-pyrrole nitrogens is 1. The van der Waals surface area contributed by atoms with E-state index in [0.29, 0.717) is 23.9 Å². The van der Waals surface area contributed by atoms with Crippen LogP contribution in [0.3, 0.4) is 0 Å². The molecule has 6 rings (SSSR count). The van der Waals surface area contributed by atoms with Crippen molar-refractivity contribution in [1.82, 2.24) is 30.6 Å². The molecule has 0 atom stereocenters. The molecule has 0 amide bonds. The van der Waals surface area contributed by atoms with E-state index >= 15 is 0 Å². The number of ether oxygens (including phenoxy) is 1. The first-order valence-electron chi connectivity index (χ1n) is 10.7. The van der Waals surface area contributed by atoms with Gasteiger partial charge in [0.1, 0.15) is 17.9 Å². The summed E-state index contributed by atoms with van der Waals surface area (Å²) < 4.78 is 11.8. The molecule has 164 valence electrons. The van der Waals surface area contributed by atoms with Gasteiger partial charge in [-0.1, -0.05) is 54.6 Å². The van der Waals surface area contributed by atoms with Gasteiger partial charge in [-0.15, -0.1) is 10.2 Å². The Bertz CT molecular complexity index is 1620. The number of rotatable bonds is 6. The van der Waals surface area contributed by atoms with Gasteiger partial charge in [-0.3, -0.25) is 0 Å². The Morgan fingerprint density at radius 1 is 0.824 bits per heavy atom. The molecule has 8 heteroatoms. The van der Waals surface area contributed by atoms with Crippen LogP contribution in [0.4, 0.5) is 0 Å². The smallest absolute Gasteiger partial charge is 0.269 e. The Balaban J connectivity index is 1.16. The van der Waals surface area contributed by atoms with E-state index in [2.05, 4.69) is 42.7 Å². The number of hydrogen-bond donors (Lipinski definition) is 1. The molecule has 1 N–H and O–H groups in total. The monoisotopic (exact) mass is 446 g/mol. The summed E-state index contributed by atoms with van der Waals surface area (Å²) in [6.45, 7) is 0.406. The Kier molecular flexibility index (Phi) is 5.00. The molecule has 8 nitrogen and oxygen atoms in total. The van der Waals surface area contributed by atoms with Crippen molar-refractivity contribution in [3.05, 3.63) is 95.7 Å². The van der Waals surface area contributed by atoms with Crippen LogP contribution in [-0.2, 0) is 6.61 Å². The van der Waals surface area contributed by atoms with E-state index in [9.17, 15) is 0 Å². The highest BCUT2D eigenvalue weighted by Gasteiger charge is 2.12. The van der Waals surface area contributed by atoms with E-state index in [0.717, 1.165) is 39.0 Å². The number of para-hydroxylation sites is 1. The molecular formula is C26H18N6O2. The maximum atomic E-state index is 5.99. The molecule has 0 aliphatic carbocycles. The Morgan fingerprint density at radius 2 is 1.74 bits per heavy atom. The molecule has 0 saturated heterocycles. The molecule has 0 bridgehead atoms. The maximum Gasteiger partial charge on any atom is 0.269 e. The summed E-state index contributed by atoms with van der Waals surface area (Å²) >= 11 is 0. The minimum Gasteiger partial charge on any atom is -0.487 e. The van der Waals surface area contributed by atoms with Gasteiger partial charge in [-0.05, 0) is 52.7 Å². The topological polar surface area (TPSA) is 103 Å². The Hall–Kier alpha value is -4.85. The number of fused-ring (bicyclic) bond motifs is 2. The highest BCUT2D eigenvalue weighted by Crippen LogP contribution is 2.23. The van der Waals surface area contributed by atoms with Crippen molar-refractivity contribution in [2.24, 2.45) is 0 Å². The number of benzene rings is 3. The fourth-order valence-electron chi connectivity index (χ4n) is 3.64. The van der Waals surface area contributed by atoms with Crippen LogP contribution >= 0.6 is 0 Å². The van der Waals surface area contributed by atoms with Gasteiger partial charge in [0.2, 0.25) is 0 Å². The molecule has 6 aromatic rings. The third-order valence-electron chi connectivity index (χ3n) is 5.32. The SMILES string of the molecule is C(=C\c1ccc2nc(-c3nn[nH]n3)oc2c1)/c1cccc(OCc2ccc3ccccc3n2)c1. The summed E-state index contributed by atoms with van der Waals surface area (Å²) in [6.07, 6.45) is 4.04. The highest BCUT2D eigenvalue weighted by molar-refractivity contribution is 5.81. The summed E-state index contributed by atoms with van der Waals surface area (Å²) in [5.41, 5.74) is 5.24. The summed E-state index contributed by atoms with van der Waals surface area (Å²) in [5, 5.41) is 14.9. The van der Waals surface area contributed by atoms with Gasteiger partial charge in [0, 0.05) is 5.39 Å². The average molecular weight is 446 g/mol. The lowest BCUT2D eigenvalue weighted by Gasteiger charge is -2.07. The molecular weight excluding hydrogens is 428 g/mol. The van der Waals surface area contributed by atoms with E-state index in [1.165, 1.54) is 0 Å². The molecule has 34 heavy (non-hydrogen) atoms. The molecule has 0 aliphatic heterocycles. The number of pyridine rings is 1. The number of tetrazole rings is 1. The zero-order valence-electron chi connectivity index (χ0n) is 17.9. The van der Waals surface area contributed by atoms with Crippen molar-refractivity contribution in [2.75, 3.05) is 0 Å². The van der Waals surface area contributed by atoms with Gasteiger partial charge in [0.05, 0.1) is 11.2 Å². The van der Waals surface area contributed by atoms with E-state index in [1.807, 2.05) is 78.9 Å². The molecule has 0 fully saturated rings. The second-order valence-corrected chi connectivity index (χ2v) is 7.67. The molecule has 0 saturated carbocycles. The van der Waals surface area contributed by atoms with E-state index in [1.54, 1.807) is 0 Å². The number of aromatic nitrogens is 6. The first kappa shape index (κ1) is 19.8. The fraction of sp³-hybridized carbons (Fsp3) is 0.0385.